The van der Waals surface area contributed by atoms with E-state index in [1.54, 1.807) is 24.0 Å². The van der Waals surface area contributed by atoms with Crippen LogP contribution in [0.1, 0.15) is 106 Å². The second-order valence-corrected chi connectivity index (χ2v) is 23.8. The third-order valence-corrected chi connectivity index (χ3v) is 18.2. The molecule has 3 aromatic carbocycles. The van der Waals surface area contributed by atoms with Crippen LogP contribution >= 0.6 is 0 Å². The molecule has 0 bridgehead atoms. The quantitative estimate of drug-likeness (QED) is 0.0683. The summed E-state index contributed by atoms with van der Waals surface area (Å²) in [6.45, 7) is 11.4. The van der Waals surface area contributed by atoms with Crippen molar-refractivity contribution in [1.82, 2.24) is 19.6 Å². The first kappa shape index (κ1) is 51.2. The molecule has 0 unspecified atom stereocenters. The number of amides is 1. The van der Waals surface area contributed by atoms with Crippen molar-refractivity contribution in [3.8, 4) is 5.88 Å². The number of benzene rings is 3. The number of nitrogens with zero attached hydrogens (tertiary/aromatic N) is 5. The Morgan fingerprint density at radius 3 is 2.51 bits per heavy atom. The summed E-state index contributed by atoms with van der Waals surface area (Å²) in [5.41, 5.74) is 3.52. The SMILES string of the molecule is CC(C)c1ccccc1[C@@H]1COCCN1C1CC2(CCN(c3ccc(C(=O)NS(=O)(=O)c4ccc(NCC5CCC(C)(O)CC5)c([N+](=O)[O-])c4)c(N4C[C@H]5OCCOC[C@@H]5Oc5nc6[nH]cc(F)c6cc54)c3)CC2)C1. The molecule has 1 amide bonds. The average Bonchev–Trinajstić information content (AvgIpc) is 3.54. The molecule has 18 nitrogen and oxygen atoms in total. The minimum atomic E-state index is -4.70. The zero-order valence-corrected chi connectivity index (χ0v) is 43.6. The second kappa shape index (κ2) is 20.6. The Hall–Kier alpha value is -5.90. The van der Waals surface area contributed by atoms with E-state index in [-0.39, 0.29) is 65.3 Å². The number of pyridine rings is 1. The summed E-state index contributed by atoms with van der Waals surface area (Å²) >= 11 is 0. The highest BCUT2D eigenvalue weighted by Gasteiger charge is 2.50. The molecule has 6 aliphatic rings. The summed E-state index contributed by atoms with van der Waals surface area (Å²) in [5, 5.41) is 26.1. The Kier molecular flexibility index (Phi) is 14.0. The lowest BCUT2D eigenvalue weighted by atomic mass is 9.59. The van der Waals surface area contributed by atoms with Crippen LogP contribution in [0.2, 0.25) is 0 Å². The van der Waals surface area contributed by atoms with Gasteiger partial charge in [0, 0.05) is 50.2 Å². The number of nitro groups is 1. The van der Waals surface area contributed by atoms with Gasteiger partial charge in [0.2, 0.25) is 5.88 Å². The number of nitro benzene ring substituents is 1. The maximum atomic E-state index is 15.4. The molecular weight excluding hydrogens is 984 g/mol. The van der Waals surface area contributed by atoms with Crippen LogP contribution in [0.25, 0.3) is 11.0 Å². The highest BCUT2D eigenvalue weighted by Crippen LogP contribution is 2.54. The first-order valence-electron chi connectivity index (χ1n) is 26.5. The Labute approximate surface area is 436 Å². The average molecular weight is 1050 g/mol. The molecule has 3 saturated heterocycles. The van der Waals surface area contributed by atoms with Gasteiger partial charge >= 0.3 is 0 Å². The first-order valence-corrected chi connectivity index (χ1v) is 28.0. The van der Waals surface area contributed by atoms with Crippen molar-refractivity contribution in [3.63, 3.8) is 0 Å². The molecule has 3 atom stereocenters. The molecule has 5 aromatic rings. The number of anilines is 4. The fourth-order valence-electron chi connectivity index (χ4n) is 12.5. The molecule has 1 spiro atoms. The van der Waals surface area contributed by atoms with Gasteiger partial charge < -0.3 is 44.2 Å². The van der Waals surface area contributed by atoms with Crippen LogP contribution in [0, 0.1) is 27.3 Å². The number of sulfonamides is 1. The highest BCUT2D eigenvalue weighted by molar-refractivity contribution is 7.90. The van der Waals surface area contributed by atoms with Crippen molar-refractivity contribution in [2.24, 2.45) is 11.3 Å². The molecular formula is C55H67FN8O10S. The number of rotatable bonds is 12. The van der Waals surface area contributed by atoms with Gasteiger partial charge in [0.1, 0.15) is 28.9 Å². The number of fused-ring (bicyclic) bond motifs is 3. The third kappa shape index (κ3) is 10.4. The van der Waals surface area contributed by atoms with E-state index in [4.69, 9.17) is 23.9 Å². The van der Waals surface area contributed by atoms with Crippen molar-refractivity contribution in [2.45, 2.75) is 113 Å². The second-order valence-electron chi connectivity index (χ2n) is 22.2. The Bertz CT molecular complexity index is 3050. The number of carbonyl (C=O) groups excluding carboxylic acids is 1. The van der Waals surface area contributed by atoms with Crippen LogP contribution < -0.4 is 24.6 Å². The molecule has 5 fully saturated rings. The van der Waals surface area contributed by atoms with Crippen molar-refractivity contribution in [3.05, 3.63) is 106 Å². The number of carbonyl (C=O) groups is 1. The molecule has 4 N–H and O–H groups in total. The van der Waals surface area contributed by atoms with Crippen molar-refractivity contribution in [1.29, 1.82) is 0 Å². The van der Waals surface area contributed by atoms with E-state index < -0.39 is 55.1 Å². The summed E-state index contributed by atoms with van der Waals surface area (Å²) in [6.07, 6.45) is 6.80. The van der Waals surface area contributed by atoms with Gasteiger partial charge in [0.15, 0.2) is 6.10 Å². The number of hydrogen-bond donors (Lipinski definition) is 4. The zero-order valence-electron chi connectivity index (χ0n) is 42.8. The van der Waals surface area contributed by atoms with Crippen molar-refractivity contribution < 1.29 is 46.6 Å². The molecule has 2 aliphatic carbocycles. The predicted octanol–water partition coefficient (Wildman–Crippen LogP) is 8.34. The van der Waals surface area contributed by atoms with E-state index >= 15 is 4.39 Å². The number of halogens is 1. The molecule has 400 valence electrons. The Morgan fingerprint density at radius 2 is 1.73 bits per heavy atom. The maximum absolute atomic E-state index is 15.4. The molecule has 6 heterocycles. The Morgan fingerprint density at radius 1 is 0.960 bits per heavy atom. The lowest BCUT2D eigenvalue weighted by Crippen LogP contribution is -2.58. The number of H-pyrrole nitrogens is 1. The molecule has 75 heavy (non-hydrogen) atoms. The molecule has 0 radical (unpaired) electrons. The van der Waals surface area contributed by atoms with Gasteiger partial charge in [0.05, 0.1) is 77.7 Å². The Balaban J connectivity index is 0.880. The number of nitrogens with one attached hydrogen (secondary N) is 3. The number of piperidine rings is 1. The number of aromatic amines is 1. The monoisotopic (exact) mass is 1050 g/mol. The van der Waals surface area contributed by atoms with Crippen LogP contribution in [0.15, 0.2) is 77.8 Å². The van der Waals surface area contributed by atoms with Crippen LogP contribution in [0.4, 0.5) is 32.8 Å². The van der Waals surface area contributed by atoms with Crippen LogP contribution in [0.3, 0.4) is 0 Å². The third-order valence-electron chi connectivity index (χ3n) is 16.9. The fourth-order valence-corrected chi connectivity index (χ4v) is 13.4. The van der Waals surface area contributed by atoms with E-state index in [9.17, 15) is 28.4 Å². The number of hydrogen-bond acceptors (Lipinski definition) is 15. The lowest BCUT2D eigenvalue weighted by molar-refractivity contribution is -0.384. The molecule has 11 rings (SSSR count). The van der Waals surface area contributed by atoms with Crippen LogP contribution in [-0.4, -0.2) is 129 Å². The van der Waals surface area contributed by atoms with E-state index in [0.717, 1.165) is 76.5 Å². The van der Waals surface area contributed by atoms with Gasteiger partial charge in [0.25, 0.3) is 21.6 Å². The maximum Gasteiger partial charge on any atom is 0.293 e. The van der Waals surface area contributed by atoms with Gasteiger partial charge in [-0.05, 0) is 123 Å². The fraction of sp³-hybridized carbons (Fsp3) is 0.527. The van der Waals surface area contributed by atoms with E-state index in [0.29, 0.717) is 55.9 Å². The van der Waals surface area contributed by atoms with E-state index in [1.165, 1.54) is 29.5 Å². The summed E-state index contributed by atoms with van der Waals surface area (Å²) in [6, 6.07) is 19.8. The van der Waals surface area contributed by atoms with Crippen molar-refractivity contribution in [2.75, 3.05) is 80.9 Å². The smallest absolute Gasteiger partial charge is 0.293 e. The minimum absolute atomic E-state index is 0.0279. The van der Waals surface area contributed by atoms with Crippen molar-refractivity contribution >= 4 is 55.4 Å². The molecule has 2 aromatic heterocycles. The lowest BCUT2D eigenvalue weighted by Gasteiger charge is -2.57. The van der Waals surface area contributed by atoms with Crippen LogP contribution in [0.5, 0.6) is 5.88 Å². The summed E-state index contributed by atoms with van der Waals surface area (Å²) in [5.74, 6) is -0.812. The molecule has 2 saturated carbocycles. The first-order chi connectivity index (χ1) is 36.0. The standard InChI is InChI=1S/C55H67FN8O10S/c1-34(2)39-6-4-5-7-40(39)48-32-71-21-20-62(48)37-27-55(28-37)16-18-61(19-17-55)36-8-10-41(45(24-36)63-31-49-50(33-72-22-23-73-49)74-53-47(63)26-42-43(56)30-58-51(42)59-53)52(65)60-75(69,70)38-9-11-44(46(25-38)64(67)68)57-29-35-12-14-54(3,66)15-13-35/h4-11,24-26,30,34-35,37,48-50,57,66H,12-23,27-29,31-33H2,1-3H3,(H,58,59)(H,60,65)/t35?,48-,49+,50-,54?/m0/s1. The number of aromatic nitrogens is 2. The topological polar surface area (TPSA) is 214 Å². The van der Waals surface area contributed by atoms with Gasteiger partial charge in [-0.25, -0.2) is 17.5 Å². The highest BCUT2D eigenvalue weighted by atomic mass is 32.2. The van der Waals surface area contributed by atoms with E-state index in [2.05, 4.69) is 62.9 Å². The number of morpholine rings is 1. The number of aliphatic hydroxyl groups is 1. The van der Waals surface area contributed by atoms with Gasteiger partial charge in [-0.2, -0.15) is 4.98 Å². The summed E-state index contributed by atoms with van der Waals surface area (Å²) in [7, 11) is -4.70. The van der Waals surface area contributed by atoms with Crippen LogP contribution in [-0.2, 0) is 24.2 Å². The van der Waals surface area contributed by atoms with Gasteiger partial charge in [-0.1, -0.05) is 38.1 Å². The van der Waals surface area contributed by atoms with Gasteiger partial charge in [-0.3, -0.25) is 19.8 Å². The predicted molar refractivity (Wildman–Crippen MR) is 281 cm³/mol. The molecule has 20 heteroatoms. The van der Waals surface area contributed by atoms with Gasteiger partial charge in [-0.15, -0.1) is 0 Å². The molecule has 4 aliphatic heterocycles. The largest absolute Gasteiger partial charge is 0.467 e. The summed E-state index contributed by atoms with van der Waals surface area (Å²) < 4.78 is 70.8. The zero-order chi connectivity index (χ0) is 52.2. The van der Waals surface area contributed by atoms with E-state index in [1.807, 2.05) is 12.1 Å². The minimum Gasteiger partial charge on any atom is -0.467 e. The summed E-state index contributed by atoms with van der Waals surface area (Å²) in [4.78, 5) is 40.3. The number of ether oxygens (including phenoxy) is 4. The normalized spacial score (nSPS) is 25.4.